The van der Waals surface area contributed by atoms with Gasteiger partial charge >= 0.3 is 17.9 Å². The van der Waals surface area contributed by atoms with Crippen LogP contribution in [0.5, 0.6) is 5.75 Å². The van der Waals surface area contributed by atoms with E-state index < -0.39 is 17.9 Å². The Morgan fingerprint density at radius 2 is 1.92 bits per heavy atom. The van der Waals surface area contributed by atoms with Gasteiger partial charge in [-0.3, -0.25) is 0 Å². The Morgan fingerprint density at radius 1 is 1.14 bits per heavy atom. The van der Waals surface area contributed by atoms with Gasteiger partial charge in [-0.25, -0.2) is 19.4 Å². The van der Waals surface area contributed by atoms with Gasteiger partial charge in [-0.05, 0) is 62.5 Å². The number of aromatic nitrogens is 1. The fraction of sp³-hybridized carbons (Fsp3) is 0.280. The van der Waals surface area contributed by atoms with Crippen LogP contribution in [0.2, 0.25) is 0 Å². The lowest BCUT2D eigenvalue weighted by molar-refractivity contribution is 0.0522. The predicted octanol–water partition coefficient (Wildman–Crippen LogP) is 6.16. The van der Waals surface area contributed by atoms with Crippen LogP contribution in [-0.2, 0) is 15.9 Å². The minimum Gasteiger partial charge on any atom is -0.493 e. The lowest BCUT2D eigenvalue weighted by Gasteiger charge is -2.15. The molecule has 4 rings (SSSR count). The quantitative estimate of drug-likeness (QED) is 0.184. The van der Waals surface area contributed by atoms with E-state index in [1.807, 2.05) is 25.3 Å². The zero-order chi connectivity index (χ0) is 26.2. The monoisotopic (exact) mass is 641 g/mol. The van der Waals surface area contributed by atoms with Gasteiger partial charge in [0, 0.05) is 33.7 Å². The summed E-state index contributed by atoms with van der Waals surface area (Å²) in [6, 6.07) is 8.04. The molecule has 0 unspecified atom stereocenters. The highest BCUT2D eigenvalue weighted by molar-refractivity contribution is 14.2. The number of pyridine rings is 1. The van der Waals surface area contributed by atoms with Gasteiger partial charge in [0.15, 0.2) is 5.69 Å². The standard InChI is InChI=1S/C23H18INO7S2.C2H6/c1-30-23(29)19-13(2-3-17(25-19)22(28)32-7-9-34-24)14-11-18-16(10-15(14)21(26)27)20-12(4-6-31-18)5-8-33-20;1-2/h2-3,5,8,10-11H,4,6-7,9H2,1H3,(H,26,27);1-2H3. The van der Waals surface area contributed by atoms with Crippen molar-refractivity contribution in [3.05, 3.63) is 58.2 Å². The molecule has 1 aliphatic rings. The number of nitrogens with zero attached hydrogens (tertiary/aromatic N) is 1. The molecular weight excluding hydrogens is 617 g/mol. The highest BCUT2D eigenvalue weighted by Gasteiger charge is 2.26. The number of fused-ring (bicyclic) bond motifs is 3. The molecular formula is C25H24INO7S2. The largest absolute Gasteiger partial charge is 0.493 e. The van der Waals surface area contributed by atoms with Crippen molar-refractivity contribution in [2.45, 2.75) is 20.3 Å². The number of hydrogen-bond donors (Lipinski definition) is 1. The predicted molar refractivity (Wildman–Crippen MR) is 149 cm³/mol. The van der Waals surface area contributed by atoms with E-state index in [2.05, 4.69) is 26.2 Å². The number of carbonyl (C=O) groups is 3. The van der Waals surface area contributed by atoms with Crippen LogP contribution >= 0.6 is 41.5 Å². The van der Waals surface area contributed by atoms with Crippen molar-refractivity contribution < 1.29 is 33.7 Å². The zero-order valence-corrected chi connectivity index (χ0v) is 23.6. The molecule has 3 aromatic rings. The lowest BCUT2D eigenvalue weighted by Crippen LogP contribution is -2.15. The van der Waals surface area contributed by atoms with Gasteiger partial charge in [-0.2, -0.15) is 0 Å². The fourth-order valence-corrected chi connectivity index (χ4v) is 5.26. The Kier molecular flexibility index (Phi) is 10.1. The van der Waals surface area contributed by atoms with Crippen LogP contribution in [0.3, 0.4) is 0 Å². The van der Waals surface area contributed by atoms with Crippen LogP contribution in [0.1, 0.15) is 50.7 Å². The van der Waals surface area contributed by atoms with E-state index in [1.165, 1.54) is 39.5 Å². The molecule has 0 aliphatic carbocycles. The molecule has 0 radical (unpaired) electrons. The molecule has 1 aliphatic heterocycles. The summed E-state index contributed by atoms with van der Waals surface area (Å²) < 4.78 is 16.0. The third-order valence-electron chi connectivity index (χ3n) is 5.14. The summed E-state index contributed by atoms with van der Waals surface area (Å²) in [7, 11) is 2.68. The van der Waals surface area contributed by atoms with Gasteiger partial charge in [-0.1, -0.05) is 22.8 Å². The maximum absolute atomic E-state index is 12.6. The number of methoxy groups -OCH3 is 1. The molecule has 0 bridgehead atoms. The van der Waals surface area contributed by atoms with Crippen molar-refractivity contribution in [2.24, 2.45) is 0 Å². The molecule has 36 heavy (non-hydrogen) atoms. The van der Waals surface area contributed by atoms with E-state index in [4.69, 9.17) is 14.2 Å². The van der Waals surface area contributed by atoms with Crippen LogP contribution in [0, 0.1) is 0 Å². The van der Waals surface area contributed by atoms with Crippen LogP contribution in [0.25, 0.3) is 21.6 Å². The summed E-state index contributed by atoms with van der Waals surface area (Å²) >= 11 is 3.61. The zero-order valence-electron chi connectivity index (χ0n) is 19.8. The Labute approximate surface area is 229 Å². The topological polar surface area (TPSA) is 112 Å². The van der Waals surface area contributed by atoms with E-state index >= 15 is 0 Å². The smallest absolute Gasteiger partial charge is 0.357 e. The Bertz CT molecular complexity index is 1280. The normalized spacial score (nSPS) is 11.6. The van der Waals surface area contributed by atoms with Gasteiger partial charge < -0.3 is 19.3 Å². The summed E-state index contributed by atoms with van der Waals surface area (Å²) in [5, 5.41) is 12.0. The van der Waals surface area contributed by atoms with Gasteiger partial charge in [0.2, 0.25) is 0 Å². The minimum atomic E-state index is -1.17. The molecule has 190 valence electrons. The minimum absolute atomic E-state index is 0.0232. The third kappa shape index (κ3) is 6.01. The van der Waals surface area contributed by atoms with Crippen molar-refractivity contribution in [1.82, 2.24) is 4.98 Å². The molecule has 1 aromatic carbocycles. The average Bonchev–Trinajstić information content (AvgIpc) is 3.30. The second-order valence-electron chi connectivity index (χ2n) is 7.11. The van der Waals surface area contributed by atoms with Crippen LogP contribution < -0.4 is 4.74 Å². The number of carbonyl (C=O) groups excluding carboxylic acids is 2. The average molecular weight is 642 g/mol. The van der Waals surface area contributed by atoms with Crippen molar-refractivity contribution in [1.29, 1.82) is 0 Å². The van der Waals surface area contributed by atoms with Crippen LogP contribution in [0.4, 0.5) is 0 Å². The van der Waals surface area contributed by atoms with Gasteiger partial charge in [0.05, 0.1) is 19.3 Å². The molecule has 11 heteroatoms. The summed E-state index contributed by atoms with van der Waals surface area (Å²) in [5.74, 6) is -1.54. The molecule has 0 saturated heterocycles. The number of esters is 2. The first kappa shape index (κ1) is 27.9. The first-order chi connectivity index (χ1) is 17.4. The third-order valence-corrected chi connectivity index (χ3v) is 7.77. The highest BCUT2D eigenvalue weighted by Crippen LogP contribution is 2.43. The summed E-state index contributed by atoms with van der Waals surface area (Å²) in [5.41, 5.74) is 1.94. The van der Waals surface area contributed by atoms with Crippen molar-refractivity contribution in [2.75, 3.05) is 26.1 Å². The maximum atomic E-state index is 12.6. The maximum Gasteiger partial charge on any atom is 0.357 e. The highest BCUT2D eigenvalue weighted by atomic mass is 127. The molecule has 0 atom stereocenters. The first-order valence-electron chi connectivity index (χ1n) is 11.1. The molecule has 0 spiro atoms. The molecule has 3 heterocycles. The van der Waals surface area contributed by atoms with E-state index in [0.29, 0.717) is 30.1 Å². The molecule has 0 amide bonds. The number of thiophene rings is 1. The number of carboxylic acids is 1. The van der Waals surface area contributed by atoms with Gasteiger partial charge in [-0.15, -0.1) is 11.3 Å². The number of aromatic carboxylic acids is 1. The Balaban J connectivity index is 0.00000176. The van der Waals surface area contributed by atoms with E-state index in [-0.39, 0.29) is 34.7 Å². The van der Waals surface area contributed by atoms with Crippen LogP contribution in [-0.4, -0.2) is 54.1 Å². The molecule has 1 N–H and O–H groups in total. The van der Waals surface area contributed by atoms with Crippen molar-refractivity contribution in [3.63, 3.8) is 0 Å². The van der Waals surface area contributed by atoms with Crippen LogP contribution in [0.15, 0.2) is 35.7 Å². The SMILES string of the molecule is CC.COC(=O)c1nc(C(=O)OCCSI)ccc1-c1cc2c(cc1C(=O)O)-c1sccc1CCO2. The first-order valence-corrected chi connectivity index (χ1v) is 15.5. The van der Waals surface area contributed by atoms with Crippen molar-refractivity contribution >= 4 is 59.4 Å². The number of halogens is 1. The lowest BCUT2D eigenvalue weighted by atomic mass is 9.94. The number of hydrogen-bond acceptors (Lipinski definition) is 9. The molecule has 2 aromatic heterocycles. The summed E-state index contributed by atoms with van der Waals surface area (Å²) in [4.78, 5) is 42.3. The van der Waals surface area contributed by atoms with Gasteiger partial charge in [0.25, 0.3) is 0 Å². The number of benzene rings is 1. The number of ether oxygens (including phenoxy) is 3. The fourth-order valence-electron chi connectivity index (χ4n) is 3.60. The Morgan fingerprint density at radius 3 is 2.61 bits per heavy atom. The van der Waals surface area contributed by atoms with Gasteiger partial charge in [0.1, 0.15) is 18.1 Å². The molecule has 8 nitrogen and oxygen atoms in total. The Hall–Kier alpha value is -2.64. The van der Waals surface area contributed by atoms with Crippen molar-refractivity contribution in [3.8, 4) is 27.3 Å². The summed E-state index contributed by atoms with van der Waals surface area (Å²) in [6.45, 7) is 4.63. The van der Waals surface area contributed by atoms with E-state index in [0.717, 1.165) is 10.4 Å². The van der Waals surface area contributed by atoms with E-state index in [1.54, 1.807) is 12.1 Å². The number of rotatable bonds is 7. The second kappa shape index (κ2) is 13.1. The summed E-state index contributed by atoms with van der Waals surface area (Å²) in [6.07, 6.45) is 0.701. The molecule has 0 fully saturated rings. The molecule has 0 saturated carbocycles. The van der Waals surface area contributed by atoms with E-state index in [9.17, 15) is 19.5 Å². The second-order valence-corrected chi connectivity index (χ2v) is 10.5. The number of carboxylic acid groups (broad SMARTS) is 1.